The summed E-state index contributed by atoms with van der Waals surface area (Å²) in [5.74, 6) is -0.231. The Balaban J connectivity index is 2.22. The lowest BCUT2D eigenvalue weighted by molar-refractivity contribution is 0.469. The Morgan fingerprint density at radius 2 is 2.10 bits per heavy atom. The number of thiazole rings is 1. The van der Waals surface area contributed by atoms with Gasteiger partial charge in [-0.2, -0.15) is 5.26 Å². The van der Waals surface area contributed by atoms with E-state index in [0.29, 0.717) is 16.1 Å². The zero-order valence-corrected chi connectivity index (χ0v) is 13.3. The van der Waals surface area contributed by atoms with Crippen LogP contribution in [0.15, 0.2) is 35.8 Å². The summed E-state index contributed by atoms with van der Waals surface area (Å²) in [7, 11) is -3.59. The van der Waals surface area contributed by atoms with Crippen LogP contribution in [0.4, 0.5) is 0 Å². The molecule has 1 N–H and O–H groups in total. The van der Waals surface area contributed by atoms with Crippen LogP contribution >= 0.6 is 11.3 Å². The van der Waals surface area contributed by atoms with Crippen LogP contribution in [0, 0.1) is 11.3 Å². The van der Waals surface area contributed by atoms with Crippen LogP contribution in [0.2, 0.25) is 0 Å². The van der Waals surface area contributed by atoms with Crippen LogP contribution < -0.4 is 4.72 Å². The van der Waals surface area contributed by atoms with E-state index < -0.39 is 15.6 Å². The van der Waals surface area contributed by atoms with Crippen LogP contribution in [-0.4, -0.2) is 13.4 Å². The van der Waals surface area contributed by atoms with Crippen molar-refractivity contribution in [2.45, 2.75) is 25.1 Å². The van der Waals surface area contributed by atoms with Crippen molar-refractivity contribution in [1.82, 2.24) is 9.71 Å². The normalized spacial score (nSPS) is 12.0. The molecule has 0 saturated heterocycles. The number of aromatic nitrogens is 1. The minimum atomic E-state index is -3.59. The van der Waals surface area contributed by atoms with Crippen molar-refractivity contribution < 1.29 is 8.42 Å². The van der Waals surface area contributed by atoms with Crippen LogP contribution in [-0.2, 0) is 21.3 Å². The third kappa shape index (κ3) is 3.88. The highest BCUT2D eigenvalue weighted by atomic mass is 32.2. The van der Waals surface area contributed by atoms with E-state index in [-0.39, 0.29) is 5.75 Å². The summed E-state index contributed by atoms with van der Waals surface area (Å²) >= 11 is 1.39. The Kier molecular flexibility index (Phi) is 4.42. The minimum absolute atomic E-state index is 0.231. The highest BCUT2D eigenvalue weighted by Crippen LogP contribution is 2.24. The molecule has 0 unspecified atom stereocenters. The van der Waals surface area contributed by atoms with Gasteiger partial charge in [0.05, 0.1) is 22.9 Å². The first-order chi connectivity index (χ1) is 9.84. The van der Waals surface area contributed by atoms with Gasteiger partial charge in [-0.25, -0.2) is 18.1 Å². The number of sulfonamides is 1. The number of hydrogen-bond donors (Lipinski definition) is 1. The molecule has 21 heavy (non-hydrogen) atoms. The zero-order valence-electron chi connectivity index (χ0n) is 11.7. The Morgan fingerprint density at radius 3 is 2.71 bits per heavy atom. The second-order valence-corrected chi connectivity index (χ2v) is 7.71. The van der Waals surface area contributed by atoms with Gasteiger partial charge in [0.15, 0.2) is 0 Å². The molecule has 0 amide bonds. The predicted molar refractivity (Wildman–Crippen MR) is 82.1 cm³/mol. The van der Waals surface area contributed by atoms with Gasteiger partial charge in [0.1, 0.15) is 5.01 Å². The average Bonchev–Trinajstić information content (AvgIpc) is 2.92. The van der Waals surface area contributed by atoms with Gasteiger partial charge >= 0.3 is 0 Å². The zero-order chi connectivity index (χ0) is 15.5. The maximum Gasteiger partial charge on any atom is 0.216 e. The van der Waals surface area contributed by atoms with Gasteiger partial charge in [0.2, 0.25) is 10.0 Å². The number of benzene rings is 1. The van der Waals surface area contributed by atoms with E-state index in [1.54, 1.807) is 49.7 Å². The van der Waals surface area contributed by atoms with Gasteiger partial charge in [-0.15, -0.1) is 11.3 Å². The molecule has 1 heterocycles. The Labute approximate surface area is 128 Å². The summed E-state index contributed by atoms with van der Waals surface area (Å²) in [6.45, 7) is 3.53. The molecular weight excluding hydrogens is 306 g/mol. The average molecular weight is 321 g/mol. The third-order valence-electron chi connectivity index (χ3n) is 2.86. The maximum absolute atomic E-state index is 12.3. The second-order valence-electron chi connectivity index (χ2n) is 5.09. The van der Waals surface area contributed by atoms with E-state index in [2.05, 4.69) is 9.71 Å². The van der Waals surface area contributed by atoms with E-state index in [9.17, 15) is 8.42 Å². The molecule has 2 aromatic rings. The second kappa shape index (κ2) is 5.93. The molecule has 5 nitrogen and oxygen atoms in total. The number of rotatable bonds is 5. The van der Waals surface area contributed by atoms with Crippen LogP contribution in [0.25, 0.3) is 0 Å². The van der Waals surface area contributed by atoms with Gasteiger partial charge in [0, 0.05) is 11.6 Å². The third-order valence-corrected chi connectivity index (χ3v) is 5.47. The molecular formula is C14H15N3O2S2. The summed E-state index contributed by atoms with van der Waals surface area (Å²) in [6, 6.07) is 8.69. The van der Waals surface area contributed by atoms with E-state index >= 15 is 0 Å². The van der Waals surface area contributed by atoms with Crippen molar-refractivity contribution in [3.63, 3.8) is 0 Å². The summed E-state index contributed by atoms with van der Waals surface area (Å²) in [5.41, 5.74) is 0.0755. The van der Waals surface area contributed by atoms with E-state index in [1.807, 2.05) is 6.07 Å². The van der Waals surface area contributed by atoms with Gasteiger partial charge in [-0.1, -0.05) is 18.2 Å². The molecule has 7 heteroatoms. The van der Waals surface area contributed by atoms with Crippen LogP contribution in [0.3, 0.4) is 0 Å². The monoisotopic (exact) mass is 321 g/mol. The van der Waals surface area contributed by atoms with E-state index in [1.165, 1.54) is 11.3 Å². The highest BCUT2D eigenvalue weighted by Gasteiger charge is 2.29. The first-order valence-electron chi connectivity index (χ1n) is 6.24. The number of nitrogens with one attached hydrogen (secondary N) is 1. The number of nitrogens with zero attached hydrogens (tertiary/aromatic N) is 2. The smallest absolute Gasteiger partial charge is 0.216 e. The topological polar surface area (TPSA) is 82.9 Å². The SMILES string of the molecule is CC(C)(NS(=O)(=O)Cc1ccccc1C#N)c1nccs1. The van der Waals surface area contributed by atoms with Crippen molar-refractivity contribution in [3.8, 4) is 6.07 Å². The summed E-state index contributed by atoms with van der Waals surface area (Å²) < 4.78 is 27.3. The summed E-state index contributed by atoms with van der Waals surface area (Å²) in [4.78, 5) is 4.15. The van der Waals surface area contributed by atoms with Gasteiger partial charge in [-0.05, 0) is 25.5 Å². The molecule has 2 rings (SSSR count). The van der Waals surface area contributed by atoms with Gasteiger partial charge in [0.25, 0.3) is 0 Å². The molecule has 0 bridgehead atoms. The standard InChI is InChI=1S/C14H15N3O2S2/c1-14(2,13-16-7-8-20-13)17-21(18,19)10-12-6-4-3-5-11(12)9-15/h3-8,17H,10H2,1-2H3. The molecule has 1 aromatic carbocycles. The summed E-state index contributed by atoms with van der Waals surface area (Å²) in [5, 5.41) is 11.5. The van der Waals surface area contributed by atoms with Crippen molar-refractivity contribution >= 4 is 21.4 Å². The molecule has 0 atom stereocenters. The molecule has 0 spiro atoms. The predicted octanol–water partition coefficient (Wildman–Crippen LogP) is 2.37. The molecule has 0 aliphatic rings. The van der Waals surface area contributed by atoms with E-state index in [4.69, 9.17) is 5.26 Å². The lowest BCUT2D eigenvalue weighted by Gasteiger charge is -2.23. The van der Waals surface area contributed by atoms with Crippen LogP contribution in [0.5, 0.6) is 0 Å². The number of nitriles is 1. The fourth-order valence-corrected chi connectivity index (χ4v) is 4.35. The van der Waals surface area contributed by atoms with Crippen molar-refractivity contribution in [2.75, 3.05) is 0 Å². The quantitative estimate of drug-likeness (QED) is 0.916. The minimum Gasteiger partial charge on any atom is -0.248 e. The van der Waals surface area contributed by atoms with Crippen molar-refractivity contribution in [1.29, 1.82) is 5.26 Å². The first kappa shape index (κ1) is 15.6. The summed E-state index contributed by atoms with van der Waals surface area (Å²) in [6.07, 6.45) is 1.64. The Bertz CT molecular complexity index is 760. The number of hydrogen-bond acceptors (Lipinski definition) is 5. The highest BCUT2D eigenvalue weighted by molar-refractivity contribution is 7.88. The fraction of sp³-hybridized carbons (Fsp3) is 0.286. The lowest BCUT2D eigenvalue weighted by atomic mass is 10.1. The van der Waals surface area contributed by atoms with E-state index in [0.717, 1.165) is 0 Å². The molecule has 0 aliphatic heterocycles. The lowest BCUT2D eigenvalue weighted by Crippen LogP contribution is -2.41. The molecule has 0 fully saturated rings. The molecule has 0 saturated carbocycles. The van der Waals surface area contributed by atoms with Crippen LogP contribution in [0.1, 0.15) is 30.0 Å². The van der Waals surface area contributed by atoms with Gasteiger partial charge < -0.3 is 0 Å². The molecule has 110 valence electrons. The van der Waals surface area contributed by atoms with Crippen molar-refractivity contribution in [3.05, 3.63) is 52.0 Å². The maximum atomic E-state index is 12.3. The fourth-order valence-electron chi connectivity index (χ4n) is 1.96. The molecule has 1 aromatic heterocycles. The Morgan fingerprint density at radius 1 is 1.38 bits per heavy atom. The van der Waals surface area contributed by atoms with Gasteiger partial charge in [-0.3, -0.25) is 0 Å². The first-order valence-corrected chi connectivity index (χ1v) is 8.77. The molecule has 0 aliphatic carbocycles. The Hall–Kier alpha value is -1.75. The largest absolute Gasteiger partial charge is 0.248 e. The molecule has 0 radical (unpaired) electrons. The van der Waals surface area contributed by atoms with Crippen molar-refractivity contribution in [2.24, 2.45) is 0 Å².